The van der Waals surface area contributed by atoms with Crippen LogP contribution < -0.4 is 10.6 Å². The van der Waals surface area contributed by atoms with Crippen LogP contribution in [0.2, 0.25) is 0 Å². The second kappa shape index (κ2) is 8.98. The number of benzene rings is 2. The second-order valence-electron chi connectivity index (χ2n) is 8.22. The van der Waals surface area contributed by atoms with E-state index in [9.17, 15) is 23.9 Å². The molecule has 2 aromatic carbocycles. The zero-order chi connectivity index (χ0) is 24.5. The maximum atomic E-state index is 13.2. The molecular weight excluding hydrogens is 453 g/mol. The number of carbonyl (C=O) groups excluding carboxylic acids is 2. The number of aromatic nitrogens is 3. The molecule has 35 heavy (non-hydrogen) atoms. The van der Waals surface area contributed by atoms with Crippen LogP contribution in [-0.4, -0.2) is 37.5 Å². The number of aryl methyl sites for hydroxylation is 1. The molecule has 9 nitrogen and oxygen atoms in total. The molecule has 0 fully saturated rings. The first-order chi connectivity index (χ1) is 16.9. The Morgan fingerprint density at radius 2 is 1.86 bits per heavy atom. The summed E-state index contributed by atoms with van der Waals surface area (Å²) in [6.45, 7) is 0.171. The highest BCUT2D eigenvalue weighted by molar-refractivity contribution is 5.98. The number of carboxylic acid groups (broad SMARTS) is 1. The summed E-state index contributed by atoms with van der Waals surface area (Å²) >= 11 is 0. The Morgan fingerprint density at radius 3 is 2.63 bits per heavy atom. The number of carboxylic acids is 1. The minimum absolute atomic E-state index is 0.0446. The highest BCUT2D eigenvalue weighted by Gasteiger charge is 2.27. The summed E-state index contributed by atoms with van der Waals surface area (Å²) in [6.07, 6.45) is 2.76. The molecule has 2 amide bonds. The lowest BCUT2D eigenvalue weighted by atomic mass is 10.0. The minimum Gasteiger partial charge on any atom is -0.478 e. The van der Waals surface area contributed by atoms with E-state index >= 15 is 0 Å². The van der Waals surface area contributed by atoms with Gasteiger partial charge < -0.3 is 15.7 Å². The molecule has 3 N–H and O–H groups in total. The fourth-order valence-corrected chi connectivity index (χ4v) is 4.20. The van der Waals surface area contributed by atoms with Crippen LogP contribution in [0.3, 0.4) is 0 Å². The first-order valence-corrected chi connectivity index (χ1v) is 10.9. The molecule has 4 aromatic rings. The summed E-state index contributed by atoms with van der Waals surface area (Å²) in [4.78, 5) is 41.5. The quantitative estimate of drug-likeness (QED) is 0.395. The standard InChI is InChI=1S/C25H20FN5O4/c26-17-5-1-14(2-6-17)13-27-23(32)20-12-21(31-22(29-20)9-10-28-31)24(33)30-19-8-4-15-11-16(25(34)35)3-7-18(15)19/h1-3,5-7,9-12,19H,4,8,13H2,(H,27,32)(H,30,33)(H,34,35)/t19-/m1/s1. The van der Waals surface area contributed by atoms with Gasteiger partial charge in [-0.2, -0.15) is 5.10 Å². The lowest BCUT2D eigenvalue weighted by Crippen LogP contribution is -2.30. The van der Waals surface area contributed by atoms with Gasteiger partial charge in [-0.05, 0) is 53.8 Å². The second-order valence-corrected chi connectivity index (χ2v) is 8.22. The largest absolute Gasteiger partial charge is 0.478 e. The van der Waals surface area contributed by atoms with Gasteiger partial charge >= 0.3 is 5.97 Å². The maximum Gasteiger partial charge on any atom is 0.335 e. The Bertz CT molecular complexity index is 1460. The van der Waals surface area contributed by atoms with Gasteiger partial charge in [0.25, 0.3) is 11.8 Å². The number of hydrogen-bond acceptors (Lipinski definition) is 5. The van der Waals surface area contributed by atoms with E-state index < -0.39 is 17.8 Å². The van der Waals surface area contributed by atoms with E-state index in [0.717, 1.165) is 11.1 Å². The van der Waals surface area contributed by atoms with Crippen molar-refractivity contribution >= 4 is 23.4 Å². The number of aromatic carboxylic acids is 1. The van der Waals surface area contributed by atoms with Crippen molar-refractivity contribution in [3.63, 3.8) is 0 Å². The molecule has 0 saturated carbocycles. The van der Waals surface area contributed by atoms with Crippen molar-refractivity contribution in [3.05, 3.63) is 100 Å². The third kappa shape index (κ3) is 4.45. The molecule has 10 heteroatoms. The predicted molar refractivity (Wildman–Crippen MR) is 122 cm³/mol. The highest BCUT2D eigenvalue weighted by Crippen LogP contribution is 2.32. The number of nitrogens with zero attached hydrogens (tertiary/aromatic N) is 3. The van der Waals surface area contributed by atoms with Crippen molar-refractivity contribution in [2.75, 3.05) is 0 Å². The van der Waals surface area contributed by atoms with Crippen LogP contribution in [-0.2, 0) is 13.0 Å². The first kappa shape index (κ1) is 22.2. The third-order valence-electron chi connectivity index (χ3n) is 5.96. The maximum absolute atomic E-state index is 13.2. The molecular formula is C25H20FN5O4. The fourth-order valence-electron chi connectivity index (χ4n) is 4.20. The lowest BCUT2D eigenvalue weighted by molar-refractivity contribution is 0.0696. The predicted octanol–water partition coefficient (Wildman–Crippen LogP) is 2.91. The summed E-state index contributed by atoms with van der Waals surface area (Å²) in [6, 6.07) is 13.3. The van der Waals surface area contributed by atoms with Gasteiger partial charge in [-0.15, -0.1) is 0 Å². The highest BCUT2D eigenvalue weighted by atomic mass is 19.1. The smallest absolute Gasteiger partial charge is 0.335 e. The van der Waals surface area contributed by atoms with Crippen LogP contribution in [0.25, 0.3) is 5.65 Å². The molecule has 1 aliphatic carbocycles. The van der Waals surface area contributed by atoms with E-state index in [4.69, 9.17) is 0 Å². The fraction of sp³-hybridized carbons (Fsp3) is 0.160. The van der Waals surface area contributed by atoms with Gasteiger partial charge in [0, 0.05) is 18.7 Å². The summed E-state index contributed by atoms with van der Waals surface area (Å²) in [5.41, 5.74) is 3.20. The van der Waals surface area contributed by atoms with Gasteiger partial charge in [0.05, 0.1) is 17.8 Å². The summed E-state index contributed by atoms with van der Waals surface area (Å²) in [5, 5.41) is 19.1. The molecule has 0 saturated heterocycles. The molecule has 1 aliphatic rings. The number of carbonyl (C=O) groups is 3. The lowest BCUT2D eigenvalue weighted by Gasteiger charge is -2.15. The number of fused-ring (bicyclic) bond motifs is 2. The zero-order valence-corrected chi connectivity index (χ0v) is 18.4. The van der Waals surface area contributed by atoms with Gasteiger partial charge in [0.15, 0.2) is 5.65 Å². The molecule has 0 aliphatic heterocycles. The van der Waals surface area contributed by atoms with Crippen LogP contribution >= 0.6 is 0 Å². The van der Waals surface area contributed by atoms with E-state index in [2.05, 4.69) is 20.7 Å². The van der Waals surface area contributed by atoms with Gasteiger partial charge in [-0.3, -0.25) is 9.59 Å². The molecule has 0 unspecified atom stereocenters. The van der Waals surface area contributed by atoms with Crippen molar-refractivity contribution in [2.24, 2.45) is 0 Å². The van der Waals surface area contributed by atoms with Gasteiger partial charge in [0.1, 0.15) is 17.2 Å². The first-order valence-electron chi connectivity index (χ1n) is 10.9. The van der Waals surface area contributed by atoms with E-state index in [-0.39, 0.29) is 35.4 Å². The van der Waals surface area contributed by atoms with Crippen molar-refractivity contribution in [3.8, 4) is 0 Å². The summed E-state index contributed by atoms with van der Waals surface area (Å²) in [7, 11) is 0. The van der Waals surface area contributed by atoms with Crippen LogP contribution in [0.4, 0.5) is 4.39 Å². The molecule has 0 radical (unpaired) electrons. The van der Waals surface area contributed by atoms with Crippen LogP contribution in [0.5, 0.6) is 0 Å². The topological polar surface area (TPSA) is 126 Å². The summed E-state index contributed by atoms with van der Waals surface area (Å²) < 4.78 is 14.5. The average molecular weight is 473 g/mol. The number of rotatable bonds is 6. The Morgan fingerprint density at radius 1 is 1.06 bits per heavy atom. The van der Waals surface area contributed by atoms with Gasteiger partial charge in [0.2, 0.25) is 0 Å². The number of hydrogen-bond donors (Lipinski definition) is 3. The van der Waals surface area contributed by atoms with Crippen molar-refractivity contribution in [2.45, 2.75) is 25.4 Å². The Balaban J connectivity index is 1.36. The van der Waals surface area contributed by atoms with E-state index in [1.807, 2.05) is 0 Å². The van der Waals surface area contributed by atoms with Crippen LogP contribution in [0.15, 0.2) is 60.8 Å². The Kier molecular flexibility index (Phi) is 5.69. The Hall–Kier alpha value is -4.60. The molecule has 0 bridgehead atoms. The SMILES string of the molecule is O=C(O)c1ccc2c(c1)CC[C@H]2NC(=O)c1cc(C(=O)NCc2ccc(F)cc2)nc2ccnn12. The summed E-state index contributed by atoms with van der Waals surface area (Å²) in [5.74, 6) is -2.28. The molecule has 2 aromatic heterocycles. The third-order valence-corrected chi connectivity index (χ3v) is 5.96. The molecule has 1 atom stereocenters. The average Bonchev–Trinajstić information content (AvgIpc) is 3.49. The van der Waals surface area contributed by atoms with E-state index in [1.54, 1.807) is 30.3 Å². The van der Waals surface area contributed by atoms with E-state index in [1.165, 1.54) is 35.0 Å². The van der Waals surface area contributed by atoms with Crippen LogP contribution in [0, 0.1) is 5.82 Å². The number of halogens is 1. The van der Waals surface area contributed by atoms with Gasteiger partial charge in [-0.1, -0.05) is 18.2 Å². The van der Waals surface area contributed by atoms with Crippen molar-refractivity contribution in [1.29, 1.82) is 0 Å². The van der Waals surface area contributed by atoms with Crippen molar-refractivity contribution < 1.29 is 23.9 Å². The zero-order valence-electron chi connectivity index (χ0n) is 18.4. The van der Waals surface area contributed by atoms with E-state index in [0.29, 0.717) is 24.1 Å². The Labute approximate surface area is 198 Å². The van der Waals surface area contributed by atoms with Crippen molar-refractivity contribution in [1.82, 2.24) is 25.2 Å². The molecule has 0 spiro atoms. The van der Waals surface area contributed by atoms with Gasteiger partial charge in [-0.25, -0.2) is 18.7 Å². The normalized spacial score (nSPS) is 14.5. The molecule has 2 heterocycles. The molecule has 176 valence electrons. The number of amides is 2. The minimum atomic E-state index is -0.997. The monoisotopic (exact) mass is 473 g/mol. The number of nitrogens with one attached hydrogen (secondary N) is 2. The molecule has 5 rings (SSSR count). The van der Waals surface area contributed by atoms with Crippen LogP contribution in [0.1, 0.15) is 60.5 Å².